The number of ether oxygens (including phenoxy) is 2. The molecule has 2 aromatic heterocycles. The van der Waals surface area contributed by atoms with Gasteiger partial charge in [0.1, 0.15) is 17.9 Å². The lowest BCUT2D eigenvalue weighted by Crippen LogP contribution is -2.54. The summed E-state index contributed by atoms with van der Waals surface area (Å²) < 4.78 is 9.75. The number of alkyl carbamates (subject to hydrolysis) is 2. The van der Waals surface area contributed by atoms with Gasteiger partial charge in [-0.25, -0.2) is 14.6 Å². The summed E-state index contributed by atoms with van der Waals surface area (Å²) in [6.45, 7) is 7.82. The first kappa shape index (κ1) is 41.4. The average molecular weight is 856 g/mol. The van der Waals surface area contributed by atoms with E-state index < -0.39 is 24.3 Å². The molecular weight excluding hydrogens is 795 g/mol. The minimum Gasteiger partial charge on any atom is -0.453 e. The van der Waals surface area contributed by atoms with Crippen molar-refractivity contribution in [2.24, 2.45) is 23.7 Å². The van der Waals surface area contributed by atoms with Gasteiger partial charge in [0.15, 0.2) is 0 Å². The second kappa shape index (κ2) is 16.2. The van der Waals surface area contributed by atoms with Crippen molar-refractivity contribution in [3.8, 4) is 33.6 Å². The van der Waals surface area contributed by atoms with Crippen LogP contribution in [0.1, 0.15) is 132 Å². The molecule has 2 saturated heterocycles. The van der Waals surface area contributed by atoms with E-state index in [-0.39, 0.29) is 47.8 Å². The number of aromatic amines is 2. The number of hydrogen-bond donors (Lipinski definition) is 4. The highest BCUT2D eigenvalue weighted by atomic mass is 16.5. The van der Waals surface area contributed by atoms with E-state index in [9.17, 15) is 19.2 Å². The predicted molar refractivity (Wildman–Crippen MR) is 238 cm³/mol. The molecule has 4 aliphatic carbocycles. The van der Waals surface area contributed by atoms with Crippen LogP contribution in [0.25, 0.3) is 33.6 Å². The number of hydrogen-bond acceptors (Lipinski definition) is 7. The molecule has 4 heterocycles. The number of piperidine rings is 2. The number of imidazole rings is 1. The van der Waals surface area contributed by atoms with E-state index in [1.165, 1.54) is 61.3 Å². The average Bonchev–Trinajstić information content (AvgIpc) is 4.16. The highest BCUT2D eigenvalue weighted by Crippen LogP contribution is 2.59. The van der Waals surface area contributed by atoms with E-state index in [1.54, 1.807) is 0 Å². The van der Waals surface area contributed by atoms with Crippen molar-refractivity contribution in [1.29, 1.82) is 0 Å². The first-order chi connectivity index (χ1) is 30.4. The van der Waals surface area contributed by atoms with Gasteiger partial charge in [-0.2, -0.15) is 0 Å². The van der Waals surface area contributed by atoms with Crippen LogP contribution in [0.5, 0.6) is 0 Å². The number of fused-ring (bicyclic) bond motifs is 9. The van der Waals surface area contributed by atoms with Crippen LogP contribution in [-0.4, -0.2) is 87.1 Å². The molecule has 2 aliphatic heterocycles. The Morgan fingerprint density at radius 1 is 0.619 bits per heavy atom. The Morgan fingerprint density at radius 2 is 1.16 bits per heavy atom. The molecule has 63 heavy (non-hydrogen) atoms. The molecule has 2 unspecified atom stereocenters. The third-order valence-corrected chi connectivity index (χ3v) is 15.7. The van der Waals surface area contributed by atoms with Crippen molar-refractivity contribution in [3.05, 3.63) is 77.4 Å². The van der Waals surface area contributed by atoms with E-state index >= 15 is 0 Å². The van der Waals surface area contributed by atoms with E-state index in [1.807, 2.05) is 38.8 Å². The first-order valence-corrected chi connectivity index (χ1v) is 23.3. The van der Waals surface area contributed by atoms with Gasteiger partial charge in [-0.1, -0.05) is 64.1 Å². The Bertz CT molecular complexity index is 2420. The van der Waals surface area contributed by atoms with Gasteiger partial charge in [-0.3, -0.25) is 9.59 Å². The number of nitrogens with one attached hydrogen (secondary N) is 4. The van der Waals surface area contributed by atoms with Gasteiger partial charge in [0.05, 0.1) is 38.2 Å². The molecule has 4 amide bonds. The van der Waals surface area contributed by atoms with E-state index in [4.69, 9.17) is 14.5 Å². The molecule has 5 fully saturated rings. The summed E-state index contributed by atoms with van der Waals surface area (Å²) in [7, 11) is 2.65. The van der Waals surface area contributed by atoms with Gasteiger partial charge >= 0.3 is 12.2 Å². The van der Waals surface area contributed by atoms with Gasteiger partial charge in [0.25, 0.3) is 0 Å². The molecule has 6 bridgehead atoms. The number of benzene rings is 2. The van der Waals surface area contributed by atoms with Crippen molar-refractivity contribution < 1.29 is 28.7 Å². The lowest BCUT2D eigenvalue weighted by atomic mass is 9.82. The third kappa shape index (κ3) is 7.00. The monoisotopic (exact) mass is 855 g/mol. The zero-order chi connectivity index (χ0) is 43.8. The van der Waals surface area contributed by atoms with E-state index in [2.05, 4.69) is 74.0 Å². The van der Waals surface area contributed by atoms with Crippen LogP contribution in [0.2, 0.25) is 0 Å². The van der Waals surface area contributed by atoms with Gasteiger partial charge in [-0.05, 0) is 133 Å². The second-order valence-corrected chi connectivity index (χ2v) is 19.8. The number of rotatable bonds is 11. The molecule has 6 aliphatic rings. The lowest BCUT2D eigenvalue weighted by molar-refractivity contribution is -0.140. The summed E-state index contributed by atoms with van der Waals surface area (Å²) >= 11 is 0. The van der Waals surface area contributed by atoms with Crippen LogP contribution in [0.4, 0.5) is 9.59 Å². The standard InChI is InChI=1S/C50H61N7O6/c1-25(2)42(54-49(60)62-5)47(58)56-33-15-13-31(22-33)44(56)38-20-19-37(52-38)36-18-17-35(40-29-11-12-30(21-29)41(36)40)27-7-9-28(10-8-27)39-24-51-46(53-39)45-32-14-16-34(23-32)57(45)48(59)43(26(3)4)55-50(61)63-6/h7-10,17-20,24-26,29-34,42-45,52H,11-16,21-23H2,1-6H3,(H,51,53)(H,54,60)(H,55,61)/t29?,30?,31-,32-,33+,34+,42-,43-,44-,45-/m0/s1. The highest BCUT2D eigenvalue weighted by Gasteiger charge is 2.53. The quantitative estimate of drug-likeness (QED) is 0.117. The molecule has 4 N–H and O–H groups in total. The second-order valence-electron chi connectivity index (χ2n) is 19.8. The minimum atomic E-state index is -0.677. The number of carbonyl (C=O) groups excluding carboxylic acids is 4. The van der Waals surface area contributed by atoms with Crippen molar-refractivity contribution >= 4 is 24.0 Å². The Balaban J connectivity index is 0.902. The first-order valence-electron chi connectivity index (χ1n) is 23.3. The van der Waals surface area contributed by atoms with E-state index in [0.29, 0.717) is 23.7 Å². The highest BCUT2D eigenvalue weighted by molar-refractivity contribution is 5.88. The molecule has 10 rings (SSSR count). The van der Waals surface area contributed by atoms with Crippen molar-refractivity contribution in [3.63, 3.8) is 0 Å². The Morgan fingerprint density at radius 3 is 1.75 bits per heavy atom. The van der Waals surface area contributed by atoms with Crippen molar-refractivity contribution in [2.75, 3.05) is 14.2 Å². The maximum Gasteiger partial charge on any atom is 0.407 e. The topological polar surface area (TPSA) is 162 Å². The number of methoxy groups -OCH3 is 2. The molecule has 0 radical (unpaired) electrons. The molecule has 13 nitrogen and oxygen atoms in total. The smallest absolute Gasteiger partial charge is 0.407 e. The largest absolute Gasteiger partial charge is 0.453 e. The fourth-order valence-corrected chi connectivity index (χ4v) is 12.8. The fraction of sp³-hybridized carbons (Fsp3) is 0.540. The Labute approximate surface area is 369 Å². The molecule has 4 aromatic rings. The van der Waals surface area contributed by atoms with Crippen LogP contribution in [0.15, 0.2) is 54.7 Å². The number of H-pyrrole nitrogens is 2. The number of aromatic nitrogens is 3. The van der Waals surface area contributed by atoms with Crippen molar-refractivity contribution in [1.82, 2.24) is 35.4 Å². The zero-order valence-electron chi connectivity index (χ0n) is 37.3. The third-order valence-electron chi connectivity index (χ3n) is 15.7. The molecule has 332 valence electrons. The summed E-state index contributed by atoms with van der Waals surface area (Å²) in [5, 5.41) is 5.60. The molecule has 2 aromatic carbocycles. The number of nitrogens with zero attached hydrogens (tertiary/aromatic N) is 3. The summed E-state index contributed by atoms with van der Waals surface area (Å²) in [6, 6.07) is 16.5. The summed E-state index contributed by atoms with van der Waals surface area (Å²) in [4.78, 5) is 69.1. The van der Waals surface area contributed by atoms with Crippen LogP contribution in [-0.2, 0) is 19.1 Å². The van der Waals surface area contributed by atoms with Gasteiger partial charge in [0.2, 0.25) is 11.8 Å². The summed E-state index contributed by atoms with van der Waals surface area (Å²) in [5.74, 6) is 2.26. The van der Waals surface area contributed by atoms with Gasteiger partial charge < -0.3 is 39.9 Å². The maximum atomic E-state index is 14.2. The normalized spacial score (nSPS) is 27.3. The minimum absolute atomic E-state index is 0.0318. The molecular formula is C50H61N7O6. The molecule has 10 atom stereocenters. The van der Waals surface area contributed by atoms with Gasteiger partial charge in [-0.15, -0.1) is 0 Å². The molecule has 13 heteroatoms. The van der Waals surface area contributed by atoms with Crippen molar-refractivity contribution in [2.45, 2.75) is 134 Å². The Kier molecular flexibility index (Phi) is 10.6. The van der Waals surface area contributed by atoms with E-state index in [0.717, 1.165) is 67.0 Å². The van der Waals surface area contributed by atoms with Crippen LogP contribution in [0, 0.1) is 23.7 Å². The number of carbonyl (C=O) groups is 4. The van der Waals surface area contributed by atoms with Crippen LogP contribution in [0.3, 0.4) is 0 Å². The zero-order valence-corrected chi connectivity index (χ0v) is 37.3. The van der Waals surface area contributed by atoms with Gasteiger partial charge in [0, 0.05) is 29.0 Å². The predicted octanol–water partition coefficient (Wildman–Crippen LogP) is 8.97. The fourth-order valence-electron chi connectivity index (χ4n) is 12.8. The molecule has 3 saturated carbocycles. The SMILES string of the molecule is COC(=O)N[C@H](C(=O)N1[C@@H]2CC[C@@H](C2)[C@H]1c1ccc(-c2ccc(-c3ccc(-c4cnc([C@@H]5[C@H]6CC[C@H](C6)N5C(=O)[C@@H](NC(=O)OC)C(C)C)[nH]4)cc3)c3c2C2CCC3C2)[nH]1)C(C)C. The molecule has 0 spiro atoms. The van der Waals surface area contributed by atoms with Crippen LogP contribution < -0.4 is 10.6 Å². The summed E-state index contributed by atoms with van der Waals surface area (Å²) in [6.07, 6.45) is 10.3. The number of amides is 4. The van der Waals surface area contributed by atoms with Crippen LogP contribution >= 0.6 is 0 Å². The Hall–Kier alpha value is -5.59. The maximum absolute atomic E-state index is 14.2. The lowest BCUT2D eigenvalue weighted by Gasteiger charge is -2.38. The summed E-state index contributed by atoms with van der Waals surface area (Å²) in [5.41, 5.74) is 10.8. The number of likely N-dealkylation sites (tertiary alicyclic amines) is 2.